The number of carboxylic acid groups (broad SMARTS) is 1. The Bertz CT molecular complexity index is 372. The van der Waals surface area contributed by atoms with E-state index in [1.54, 1.807) is 0 Å². The minimum Gasteiger partial charge on any atom is -0.481 e. The van der Waals surface area contributed by atoms with Crippen LogP contribution in [-0.2, 0) is 9.59 Å². The van der Waals surface area contributed by atoms with Crippen molar-refractivity contribution in [2.45, 2.75) is 45.6 Å². The molecule has 2 rings (SSSR count). The minimum atomic E-state index is -0.739. The van der Waals surface area contributed by atoms with E-state index >= 15 is 0 Å². The smallest absolute Gasteiger partial charge is 0.308 e. The van der Waals surface area contributed by atoms with E-state index in [4.69, 9.17) is 5.11 Å². The van der Waals surface area contributed by atoms with Crippen molar-refractivity contribution in [1.82, 2.24) is 9.80 Å². The summed E-state index contributed by atoms with van der Waals surface area (Å²) in [6, 6.07) is 0.381. The van der Waals surface area contributed by atoms with E-state index in [2.05, 4.69) is 6.92 Å². The Labute approximate surface area is 120 Å². The predicted octanol–water partition coefficient (Wildman–Crippen LogP) is 1.43. The number of carbonyl (C=O) groups excluding carboxylic acids is 1. The molecule has 2 fully saturated rings. The van der Waals surface area contributed by atoms with Gasteiger partial charge in [-0.25, -0.2) is 0 Å². The fraction of sp³-hybridized carbons (Fsp3) is 0.867. The summed E-state index contributed by atoms with van der Waals surface area (Å²) in [7, 11) is 0. The molecule has 0 spiro atoms. The van der Waals surface area contributed by atoms with E-state index in [-0.39, 0.29) is 17.7 Å². The number of hydrogen-bond donors (Lipinski definition) is 1. The van der Waals surface area contributed by atoms with Gasteiger partial charge < -0.3 is 10.0 Å². The molecule has 0 bridgehead atoms. The van der Waals surface area contributed by atoms with Gasteiger partial charge in [0.25, 0.3) is 0 Å². The zero-order valence-electron chi connectivity index (χ0n) is 12.5. The van der Waals surface area contributed by atoms with Gasteiger partial charge in [0, 0.05) is 25.7 Å². The first kappa shape index (κ1) is 15.3. The zero-order valence-corrected chi connectivity index (χ0v) is 12.5. The fourth-order valence-electron chi connectivity index (χ4n) is 3.55. The second-order valence-corrected chi connectivity index (χ2v) is 6.26. The largest absolute Gasteiger partial charge is 0.481 e. The van der Waals surface area contributed by atoms with Crippen molar-refractivity contribution in [2.24, 2.45) is 11.8 Å². The molecule has 1 amide bonds. The van der Waals surface area contributed by atoms with Crippen molar-refractivity contribution in [3.05, 3.63) is 0 Å². The molecule has 2 saturated heterocycles. The van der Waals surface area contributed by atoms with Crippen LogP contribution >= 0.6 is 0 Å². The van der Waals surface area contributed by atoms with Gasteiger partial charge in [0.15, 0.2) is 0 Å². The van der Waals surface area contributed by atoms with Gasteiger partial charge in [-0.2, -0.15) is 0 Å². The summed E-state index contributed by atoms with van der Waals surface area (Å²) in [5, 5.41) is 9.14. The Hall–Kier alpha value is -1.10. The number of carbonyl (C=O) groups is 2. The summed E-state index contributed by atoms with van der Waals surface area (Å²) in [6.07, 6.45) is 4.43. The monoisotopic (exact) mass is 282 g/mol. The quantitative estimate of drug-likeness (QED) is 0.847. The predicted molar refractivity (Wildman–Crippen MR) is 76.4 cm³/mol. The number of rotatable bonds is 4. The van der Waals surface area contributed by atoms with Gasteiger partial charge in [0.05, 0.1) is 12.5 Å². The highest BCUT2D eigenvalue weighted by molar-refractivity contribution is 5.79. The highest BCUT2D eigenvalue weighted by Crippen LogP contribution is 2.24. The first-order valence-corrected chi connectivity index (χ1v) is 7.77. The van der Waals surface area contributed by atoms with Crippen molar-refractivity contribution in [3.8, 4) is 0 Å². The molecule has 0 aliphatic carbocycles. The molecule has 0 aromatic heterocycles. The van der Waals surface area contributed by atoms with Crippen LogP contribution in [0.3, 0.4) is 0 Å². The molecule has 2 aliphatic heterocycles. The maximum Gasteiger partial charge on any atom is 0.308 e. The van der Waals surface area contributed by atoms with E-state index in [9.17, 15) is 9.59 Å². The van der Waals surface area contributed by atoms with Crippen LogP contribution in [0.5, 0.6) is 0 Å². The summed E-state index contributed by atoms with van der Waals surface area (Å²) in [5.41, 5.74) is 0. The summed E-state index contributed by atoms with van der Waals surface area (Å²) >= 11 is 0. The summed E-state index contributed by atoms with van der Waals surface area (Å²) in [4.78, 5) is 27.6. The van der Waals surface area contributed by atoms with Gasteiger partial charge in [-0.15, -0.1) is 0 Å². The second kappa shape index (κ2) is 6.57. The molecule has 5 nitrogen and oxygen atoms in total. The van der Waals surface area contributed by atoms with Crippen LogP contribution < -0.4 is 0 Å². The van der Waals surface area contributed by atoms with Crippen LogP contribution in [-0.4, -0.2) is 59.0 Å². The van der Waals surface area contributed by atoms with Gasteiger partial charge in [-0.3, -0.25) is 14.5 Å². The Morgan fingerprint density at radius 3 is 2.60 bits per heavy atom. The minimum absolute atomic E-state index is 0.128. The third kappa shape index (κ3) is 3.32. The first-order valence-electron chi connectivity index (χ1n) is 7.77. The van der Waals surface area contributed by atoms with Crippen LogP contribution in [0.15, 0.2) is 0 Å². The molecule has 0 aromatic rings. The lowest BCUT2D eigenvalue weighted by molar-refractivity contribution is -0.143. The van der Waals surface area contributed by atoms with Crippen molar-refractivity contribution in [2.75, 3.05) is 26.2 Å². The second-order valence-electron chi connectivity index (χ2n) is 6.26. The van der Waals surface area contributed by atoms with Gasteiger partial charge >= 0.3 is 5.97 Å². The van der Waals surface area contributed by atoms with Crippen LogP contribution in [0, 0.1) is 11.8 Å². The number of likely N-dealkylation sites (tertiary alicyclic amines) is 2. The molecule has 2 heterocycles. The molecule has 0 saturated carbocycles. The van der Waals surface area contributed by atoms with Crippen molar-refractivity contribution in [3.63, 3.8) is 0 Å². The van der Waals surface area contributed by atoms with E-state index in [1.165, 1.54) is 6.42 Å². The lowest BCUT2D eigenvalue weighted by Crippen LogP contribution is -2.47. The Balaban J connectivity index is 1.90. The first-order chi connectivity index (χ1) is 9.52. The normalized spacial score (nSPS) is 31.5. The highest BCUT2D eigenvalue weighted by Gasteiger charge is 2.36. The van der Waals surface area contributed by atoms with Gasteiger partial charge in [-0.05, 0) is 31.6 Å². The molecular formula is C15H26N2O3. The molecule has 1 unspecified atom stereocenters. The van der Waals surface area contributed by atoms with Crippen LogP contribution in [0.25, 0.3) is 0 Å². The maximum atomic E-state index is 12.4. The van der Waals surface area contributed by atoms with Gasteiger partial charge in [-0.1, -0.05) is 13.8 Å². The van der Waals surface area contributed by atoms with Crippen molar-refractivity contribution < 1.29 is 14.7 Å². The van der Waals surface area contributed by atoms with Crippen LogP contribution in [0.4, 0.5) is 0 Å². The highest BCUT2D eigenvalue weighted by atomic mass is 16.4. The lowest BCUT2D eigenvalue weighted by atomic mass is 9.99. The summed E-state index contributed by atoms with van der Waals surface area (Å²) in [6.45, 7) is 6.56. The van der Waals surface area contributed by atoms with E-state index in [0.29, 0.717) is 25.7 Å². The Morgan fingerprint density at radius 1 is 1.25 bits per heavy atom. The molecule has 0 aromatic carbocycles. The SMILES string of the molecule is CCC1CCCCN1C(=O)CN1C[C@@H](C)[C@H](C(=O)O)C1. The van der Waals surface area contributed by atoms with Crippen molar-refractivity contribution >= 4 is 11.9 Å². The molecule has 1 N–H and O–H groups in total. The Kier molecular flexibility index (Phi) is 5.02. The molecule has 2 aliphatic rings. The lowest BCUT2D eigenvalue weighted by Gasteiger charge is -2.36. The summed E-state index contributed by atoms with van der Waals surface area (Å²) < 4.78 is 0. The topological polar surface area (TPSA) is 60.9 Å². The average Bonchev–Trinajstić information content (AvgIpc) is 2.79. The van der Waals surface area contributed by atoms with Gasteiger partial charge in [0.2, 0.25) is 5.91 Å². The number of amides is 1. The summed E-state index contributed by atoms with van der Waals surface area (Å²) in [5.74, 6) is -0.763. The molecule has 114 valence electrons. The number of aliphatic carboxylic acids is 1. The number of carboxylic acids is 1. The molecule has 0 radical (unpaired) electrons. The number of nitrogens with zero attached hydrogens (tertiary/aromatic N) is 2. The standard InChI is InChI=1S/C15H26N2O3/c1-3-12-6-4-5-7-17(12)14(18)10-16-8-11(2)13(9-16)15(19)20/h11-13H,3-10H2,1-2H3,(H,19,20)/t11-,12?,13-/m1/s1. The fourth-order valence-corrected chi connectivity index (χ4v) is 3.55. The number of piperidine rings is 1. The third-order valence-corrected chi connectivity index (χ3v) is 4.78. The van der Waals surface area contributed by atoms with Gasteiger partial charge in [0.1, 0.15) is 0 Å². The van der Waals surface area contributed by atoms with Crippen LogP contribution in [0.2, 0.25) is 0 Å². The molecular weight excluding hydrogens is 256 g/mol. The number of hydrogen-bond acceptors (Lipinski definition) is 3. The van der Waals surface area contributed by atoms with E-state index in [0.717, 1.165) is 25.8 Å². The molecule has 5 heteroatoms. The van der Waals surface area contributed by atoms with E-state index in [1.807, 2.05) is 16.7 Å². The molecule has 3 atom stereocenters. The maximum absolute atomic E-state index is 12.4. The zero-order chi connectivity index (χ0) is 14.7. The van der Waals surface area contributed by atoms with Crippen LogP contribution in [0.1, 0.15) is 39.5 Å². The molecule has 20 heavy (non-hydrogen) atoms. The van der Waals surface area contributed by atoms with Crippen molar-refractivity contribution in [1.29, 1.82) is 0 Å². The Morgan fingerprint density at radius 2 is 2.00 bits per heavy atom. The average molecular weight is 282 g/mol. The van der Waals surface area contributed by atoms with E-state index < -0.39 is 5.97 Å². The third-order valence-electron chi connectivity index (χ3n) is 4.78.